The molecule has 2 aliphatic rings. The summed E-state index contributed by atoms with van der Waals surface area (Å²) in [5.41, 5.74) is 3.36. The SMILES string of the molecule is O=C1NCC2CN(C(=O)O)CC2c2ccc(-c3ccsc3Cl)cc21. The first kappa shape index (κ1) is 15.5. The third-order valence-corrected chi connectivity index (χ3v) is 6.03. The molecule has 2 N–H and O–H groups in total. The number of nitrogens with one attached hydrogen (secondary N) is 1. The Bertz CT molecular complexity index is 835. The lowest BCUT2D eigenvalue weighted by Crippen LogP contribution is -2.31. The second kappa shape index (κ2) is 5.79. The second-order valence-electron chi connectivity index (χ2n) is 6.17. The van der Waals surface area contributed by atoms with Gasteiger partial charge in [0.15, 0.2) is 0 Å². The van der Waals surface area contributed by atoms with Gasteiger partial charge >= 0.3 is 6.09 Å². The number of carbonyl (C=O) groups excluding carboxylic acids is 1. The monoisotopic (exact) mass is 362 g/mol. The molecular weight excluding hydrogens is 348 g/mol. The summed E-state index contributed by atoms with van der Waals surface area (Å²) in [5.74, 6) is 0.0541. The van der Waals surface area contributed by atoms with Crippen LogP contribution in [0.2, 0.25) is 4.34 Å². The Kier molecular flexibility index (Phi) is 3.73. The fraction of sp³-hybridized carbons (Fsp3) is 0.294. The van der Waals surface area contributed by atoms with Crippen LogP contribution in [0.5, 0.6) is 0 Å². The summed E-state index contributed by atoms with van der Waals surface area (Å²) >= 11 is 7.67. The van der Waals surface area contributed by atoms with Crippen LogP contribution in [-0.4, -0.2) is 41.6 Å². The zero-order chi connectivity index (χ0) is 16.8. The van der Waals surface area contributed by atoms with Gasteiger partial charge in [-0.25, -0.2) is 4.79 Å². The zero-order valence-corrected chi connectivity index (χ0v) is 14.2. The summed E-state index contributed by atoms with van der Waals surface area (Å²) < 4.78 is 0.694. The Morgan fingerprint density at radius 2 is 2.12 bits per heavy atom. The molecule has 124 valence electrons. The van der Waals surface area contributed by atoms with Crippen molar-refractivity contribution in [3.63, 3.8) is 0 Å². The number of carboxylic acid groups (broad SMARTS) is 1. The van der Waals surface area contributed by atoms with Crippen molar-refractivity contribution in [1.82, 2.24) is 10.2 Å². The minimum Gasteiger partial charge on any atom is -0.465 e. The molecule has 0 saturated carbocycles. The van der Waals surface area contributed by atoms with Crippen LogP contribution in [0.3, 0.4) is 0 Å². The highest BCUT2D eigenvalue weighted by molar-refractivity contribution is 7.15. The Morgan fingerprint density at radius 3 is 2.83 bits per heavy atom. The third-order valence-electron chi connectivity index (χ3n) is 4.86. The first-order chi connectivity index (χ1) is 11.5. The number of carbonyl (C=O) groups is 2. The molecule has 7 heteroatoms. The number of amides is 2. The average Bonchev–Trinajstić information content (AvgIpc) is 3.15. The zero-order valence-electron chi connectivity index (χ0n) is 12.7. The Hall–Kier alpha value is -2.05. The van der Waals surface area contributed by atoms with Crippen molar-refractivity contribution in [3.8, 4) is 11.1 Å². The normalized spacial score (nSPS) is 22.5. The van der Waals surface area contributed by atoms with E-state index in [9.17, 15) is 14.7 Å². The van der Waals surface area contributed by atoms with Crippen LogP contribution in [0.1, 0.15) is 21.8 Å². The number of nitrogens with zero attached hydrogens (tertiary/aromatic N) is 1. The predicted octanol–water partition coefficient (Wildman–Crippen LogP) is 3.51. The molecule has 2 aromatic rings. The minimum atomic E-state index is -0.905. The maximum atomic E-state index is 12.5. The molecule has 24 heavy (non-hydrogen) atoms. The molecule has 4 rings (SSSR count). The Morgan fingerprint density at radius 1 is 1.29 bits per heavy atom. The van der Waals surface area contributed by atoms with Crippen molar-refractivity contribution < 1.29 is 14.7 Å². The number of thiophene rings is 1. The van der Waals surface area contributed by atoms with Crippen LogP contribution in [0, 0.1) is 5.92 Å². The summed E-state index contributed by atoms with van der Waals surface area (Å²) in [4.78, 5) is 25.2. The fourth-order valence-electron chi connectivity index (χ4n) is 3.65. The van der Waals surface area contributed by atoms with Gasteiger partial charge in [0.1, 0.15) is 4.34 Å². The van der Waals surface area contributed by atoms with Gasteiger partial charge in [0.2, 0.25) is 0 Å². The van der Waals surface area contributed by atoms with Gasteiger partial charge in [0.25, 0.3) is 5.91 Å². The molecule has 0 bridgehead atoms. The molecular formula is C17H15ClN2O3S. The highest BCUT2D eigenvalue weighted by Gasteiger charge is 2.39. The average molecular weight is 363 g/mol. The molecule has 3 heterocycles. The van der Waals surface area contributed by atoms with E-state index in [1.54, 1.807) is 0 Å². The molecule has 1 saturated heterocycles. The van der Waals surface area contributed by atoms with Gasteiger partial charge in [0.05, 0.1) is 0 Å². The van der Waals surface area contributed by atoms with Crippen LogP contribution in [0.25, 0.3) is 11.1 Å². The summed E-state index contributed by atoms with van der Waals surface area (Å²) in [6, 6.07) is 7.72. The molecule has 0 aliphatic carbocycles. The Labute approximate surface area is 147 Å². The van der Waals surface area contributed by atoms with Crippen molar-refractivity contribution in [2.24, 2.45) is 5.92 Å². The van der Waals surface area contributed by atoms with E-state index in [-0.39, 0.29) is 17.7 Å². The van der Waals surface area contributed by atoms with Gasteiger partial charge in [-0.15, -0.1) is 11.3 Å². The summed E-state index contributed by atoms with van der Waals surface area (Å²) in [7, 11) is 0. The maximum absolute atomic E-state index is 12.5. The maximum Gasteiger partial charge on any atom is 0.407 e. The van der Waals surface area contributed by atoms with Gasteiger partial charge in [-0.3, -0.25) is 4.79 Å². The molecule has 2 atom stereocenters. The molecule has 1 fully saturated rings. The smallest absolute Gasteiger partial charge is 0.407 e. The molecule has 0 radical (unpaired) electrons. The summed E-state index contributed by atoms with van der Waals surface area (Å²) in [5, 5.41) is 14.1. The largest absolute Gasteiger partial charge is 0.465 e. The first-order valence-electron chi connectivity index (χ1n) is 7.68. The van der Waals surface area contributed by atoms with Crippen molar-refractivity contribution in [2.75, 3.05) is 19.6 Å². The lowest BCUT2D eigenvalue weighted by atomic mass is 9.86. The van der Waals surface area contributed by atoms with Gasteiger partial charge in [0, 0.05) is 42.6 Å². The summed E-state index contributed by atoms with van der Waals surface area (Å²) in [6.07, 6.45) is -0.905. The van der Waals surface area contributed by atoms with Crippen LogP contribution in [0.15, 0.2) is 29.6 Å². The molecule has 0 spiro atoms. The molecule has 2 unspecified atom stereocenters. The highest BCUT2D eigenvalue weighted by Crippen LogP contribution is 2.39. The lowest BCUT2D eigenvalue weighted by molar-refractivity contribution is 0.0951. The van der Waals surface area contributed by atoms with Crippen molar-refractivity contribution in [3.05, 3.63) is 45.1 Å². The van der Waals surface area contributed by atoms with Gasteiger partial charge < -0.3 is 15.3 Å². The number of hydrogen-bond acceptors (Lipinski definition) is 3. The number of rotatable bonds is 1. The molecule has 5 nitrogen and oxygen atoms in total. The van der Waals surface area contributed by atoms with Crippen molar-refractivity contribution in [2.45, 2.75) is 5.92 Å². The number of benzene rings is 1. The quantitative estimate of drug-likeness (QED) is 0.815. The van der Waals surface area contributed by atoms with E-state index < -0.39 is 6.09 Å². The van der Waals surface area contributed by atoms with Crippen molar-refractivity contribution >= 4 is 34.9 Å². The molecule has 2 amide bonds. The van der Waals surface area contributed by atoms with Gasteiger partial charge in [-0.1, -0.05) is 23.7 Å². The third kappa shape index (κ3) is 2.46. The van der Waals surface area contributed by atoms with Crippen LogP contribution < -0.4 is 5.32 Å². The van der Waals surface area contributed by atoms with Gasteiger partial charge in [-0.2, -0.15) is 0 Å². The van der Waals surface area contributed by atoms with E-state index in [2.05, 4.69) is 5.32 Å². The van der Waals surface area contributed by atoms with E-state index >= 15 is 0 Å². The lowest BCUT2D eigenvalue weighted by Gasteiger charge is -2.16. The molecule has 1 aromatic carbocycles. The molecule has 2 aliphatic heterocycles. The predicted molar refractivity (Wildman–Crippen MR) is 92.9 cm³/mol. The van der Waals surface area contributed by atoms with E-state index in [0.29, 0.717) is 29.5 Å². The van der Waals surface area contributed by atoms with Crippen LogP contribution >= 0.6 is 22.9 Å². The highest BCUT2D eigenvalue weighted by atomic mass is 35.5. The standard InChI is InChI=1S/C17H15ClN2O3S/c18-15-11(3-4-24-15)9-1-2-12-13(5-9)16(21)19-6-10-7-20(17(22)23)8-14(10)12/h1-5,10,14H,6-8H2,(H,19,21)(H,22,23). The van der Waals surface area contributed by atoms with E-state index in [4.69, 9.17) is 11.6 Å². The van der Waals surface area contributed by atoms with Crippen LogP contribution in [0.4, 0.5) is 4.79 Å². The first-order valence-corrected chi connectivity index (χ1v) is 8.93. The fourth-order valence-corrected chi connectivity index (χ4v) is 4.61. The second-order valence-corrected chi connectivity index (χ2v) is 7.69. The van der Waals surface area contributed by atoms with Crippen LogP contribution in [-0.2, 0) is 0 Å². The minimum absolute atomic E-state index is 0.0436. The van der Waals surface area contributed by atoms with E-state index in [1.165, 1.54) is 16.2 Å². The van der Waals surface area contributed by atoms with E-state index in [0.717, 1.165) is 16.7 Å². The summed E-state index contributed by atoms with van der Waals surface area (Å²) in [6.45, 7) is 1.38. The van der Waals surface area contributed by atoms with Crippen molar-refractivity contribution in [1.29, 1.82) is 0 Å². The number of likely N-dealkylation sites (tertiary alicyclic amines) is 1. The number of hydrogen-bond donors (Lipinski definition) is 2. The molecule has 1 aromatic heterocycles. The van der Waals surface area contributed by atoms with Gasteiger partial charge in [-0.05, 0) is 28.6 Å². The Balaban J connectivity index is 1.77. The number of halogens is 1. The number of fused-ring (bicyclic) bond motifs is 3. The topological polar surface area (TPSA) is 69.6 Å². The van der Waals surface area contributed by atoms with E-state index in [1.807, 2.05) is 29.6 Å².